The fourth-order valence-electron chi connectivity index (χ4n) is 1.73. The lowest BCUT2D eigenvalue weighted by atomic mass is 10.1. The summed E-state index contributed by atoms with van der Waals surface area (Å²) in [5.74, 6) is 0.492. The van der Waals surface area contributed by atoms with E-state index >= 15 is 0 Å². The monoisotopic (exact) mass is 248 g/mol. The Morgan fingerprint density at radius 3 is 2.83 bits per heavy atom. The highest BCUT2D eigenvalue weighted by Gasteiger charge is 2.15. The van der Waals surface area contributed by atoms with Gasteiger partial charge in [-0.2, -0.15) is 0 Å². The normalized spacial score (nSPS) is 9.89. The third-order valence-electron chi connectivity index (χ3n) is 2.61. The molecule has 0 saturated carbocycles. The second-order valence-corrected chi connectivity index (χ2v) is 4.00. The van der Waals surface area contributed by atoms with Crippen molar-refractivity contribution >= 4 is 11.6 Å². The molecule has 1 aromatic carbocycles. The molecule has 0 spiro atoms. The molecule has 1 aromatic rings. The van der Waals surface area contributed by atoms with E-state index in [2.05, 4.69) is 6.58 Å². The molecule has 0 radical (unpaired) electrons. The second kappa shape index (κ2) is 6.69. The molecule has 18 heavy (non-hydrogen) atoms. The molecule has 2 N–H and O–H groups in total. The summed E-state index contributed by atoms with van der Waals surface area (Å²) >= 11 is 0. The van der Waals surface area contributed by atoms with Gasteiger partial charge >= 0.3 is 0 Å². The van der Waals surface area contributed by atoms with Crippen LogP contribution in [0.5, 0.6) is 5.75 Å². The highest BCUT2D eigenvalue weighted by Crippen LogP contribution is 2.23. The molecule has 1 rings (SSSR count). The summed E-state index contributed by atoms with van der Waals surface area (Å²) in [6.45, 7) is 6.95. The van der Waals surface area contributed by atoms with E-state index in [-0.39, 0.29) is 5.91 Å². The molecule has 0 atom stereocenters. The van der Waals surface area contributed by atoms with Gasteiger partial charge in [0.1, 0.15) is 5.75 Å². The van der Waals surface area contributed by atoms with Crippen LogP contribution in [-0.2, 0) is 0 Å². The van der Waals surface area contributed by atoms with Gasteiger partial charge in [0.25, 0.3) is 5.91 Å². The molecule has 0 saturated heterocycles. The number of nitrogens with zero attached hydrogens (tertiary/aromatic N) is 1. The minimum atomic E-state index is -0.0324. The minimum Gasteiger partial charge on any atom is -0.495 e. The Balaban J connectivity index is 2.96. The van der Waals surface area contributed by atoms with E-state index in [9.17, 15) is 4.79 Å². The molecule has 0 aliphatic carbocycles. The summed E-state index contributed by atoms with van der Waals surface area (Å²) in [7, 11) is 1.54. The van der Waals surface area contributed by atoms with Crippen LogP contribution in [-0.4, -0.2) is 31.0 Å². The van der Waals surface area contributed by atoms with E-state index < -0.39 is 0 Å². The topological polar surface area (TPSA) is 55.6 Å². The van der Waals surface area contributed by atoms with Crippen LogP contribution in [0.3, 0.4) is 0 Å². The summed E-state index contributed by atoms with van der Waals surface area (Å²) in [6, 6.07) is 5.07. The molecule has 0 aliphatic heterocycles. The van der Waals surface area contributed by atoms with E-state index in [1.165, 1.54) is 7.11 Å². The van der Waals surface area contributed by atoms with E-state index in [1.807, 2.05) is 6.92 Å². The van der Waals surface area contributed by atoms with Gasteiger partial charge in [-0.05, 0) is 24.6 Å². The van der Waals surface area contributed by atoms with Crippen molar-refractivity contribution in [2.24, 2.45) is 0 Å². The lowest BCUT2D eigenvalue weighted by Gasteiger charge is -2.20. The van der Waals surface area contributed by atoms with Crippen molar-refractivity contribution in [1.82, 2.24) is 4.90 Å². The van der Waals surface area contributed by atoms with Crippen LogP contribution in [0.15, 0.2) is 30.9 Å². The van der Waals surface area contributed by atoms with Gasteiger partial charge in [0.15, 0.2) is 0 Å². The average molecular weight is 248 g/mol. The predicted octanol–water partition coefficient (Wildman–Crippen LogP) is 2.32. The smallest absolute Gasteiger partial charge is 0.254 e. The highest BCUT2D eigenvalue weighted by atomic mass is 16.5. The quantitative estimate of drug-likeness (QED) is 0.621. The number of nitrogen functional groups attached to an aromatic ring is 1. The first-order valence-electron chi connectivity index (χ1n) is 5.97. The number of rotatable bonds is 6. The zero-order chi connectivity index (χ0) is 13.5. The van der Waals surface area contributed by atoms with Crippen LogP contribution >= 0.6 is 0 Å². The number of hydrogen-bond donors (Lipinski definition) is 1. The van der Waals surface area contributed by atoms with Crippen molar-refractivity contribution < 1.29 is 9.53 Å². The summed E-state index contributed by atoms with van der Waals surface area (Å²) < 4.78 is 5.12. The second-order valence-electron chi connectivity index (χ2n) is 4.00. The Bertz CT molecular complexity index is 430. The number of anilines is 1. The number of carbonyl (C=O) groups excluding carboxylic acids is 1. The molecule has 4 heteroatoms. The predicted molar refractivity (Wildman–Crippen MR) is 73.8 cm³/mol. The maximum Gasteiger partial charge on any atom is 0.254 e. The van der Waals surface area contributed by atoms with Gasteiger partial charge < -0.3 is 15.4 Å². The summed E-state index contributed by atoms with van der Waals surface area (Å²) in [6.07, 6.45) is 2.63. The van der Waals surface area contributed by atoms with Crippen molar-refractivity contribution in [3.8, 4) is 5.75 Å². The Hall–Kier alpha value is -1.97. The van der Waals surface area contributed by atoms with Crippen LogP contribution < -0.4 is 10.5 Å². The summed E-state index contributed by atoms with van der Waals surface area (Å²) in [5, 5.41) is 0. The Kier molecular flexibility index (Phi) is 5.24. The first kappa shape index (κ1) is 14.1. The van der Waals surface area contributed by atoms with Gasteiger partial charge in [0, 0.05) is 18.7 Å². The zero-order valence-electron chi connectivity index (χ0n) is 11.0. The summed E-state index contributed by atoms with van der Waals surface area (Å²) in [4.78, 5) is 14.0. The average Bonchev–Trinajstić information content (AvgIpc) is 2.38. The van der Waals surface area contributed by atoms with E-state index in [0.717, 1.165) is 6.42 Å². The molecule has 0 unspecified atom stereocenters. The molecule has 0 heterocycles. The molecule has 1 amide bonds. The molecule has 4 nitrogen and oxygen atoms in total. The SMILES string of the molecule is C=CCN(CCC)C(=O)c1ccc(N)c(OC)c1. The van der Waals surface area contributed by atoms with Crippen molar-refractivity contribution in [2.45, 2.75) is 13.3 Å². The lowest BCUT2D eigenvalue weighted by Crippen LogP contribution is -2.31. The molecule has 0 bridgehead atoms. The molecule has 0 aromatic heterocycles. The first-order valence-corrected chi connectivity index (χ1v) is 5.97. The maximum atomic E-state index is 12.3. The number of benzene rings is 1. The Morgan fingerprint density at radius 1 is 1.56 bits per heavy atom. The van der Waals surface area contributed by atoms with Crippen LogP contribution in [0.25, 0.3) is 0 Å². The standard InChI is InChI=1S/C14H20N2O2/c1-4-8-16(9-5-2)14(17)11-6-7-12(15)13(10-11)18-3/h4,6-7,10H,1,5,8-9,15H2,2-3H3. The van der Waals surface area contributed by atoms with E-state index in [4.69, 9.17) is 10.5 Å². The van der Waals surface area contributed by atoms with Crippen LogP contribution in [0.2, 0.25) is 0 Å². The van der Waals surface area contributed by atoms with Crippen LogP contribution in [0, 0.1) is 0 Å². The van der Waals surface area contributed by atoms with Gasteiger partial charge in [0.05, 0.1) is 12.8 Å². The van der Waals surface area contributed by atoms with Gasteiger partial charge in [-0.3, -0.25) is 4.79 Å². The maximum absolute atomic E-state index is 12.3. The highest BCUT2D eigenvalue weighted by molar-refractivity contribution is 5.95. The van der Waals surface area contributed by atoms with Gasteiger partial charge in [-0.25, -0.2) is 0 Å². The van der Waals surface area contributed by atoms with Crippen molar-refractivity contribution in [2.75, 3.05) is 25.9 Å². The molecule has 0 fully saturated rings. The van der Waals surface area contributed by atoms with Gasteiger partial charge in [-0.15, -0.1) is 6.58 Å². The van der Waals surface area contributed by atoms with E-state index in [0.29, 0.717) is 30.1 Å². The largest absolute Gasteiger partial charge is 0.495 e. The van der Waals surface area contributed by atoms with Crippen molar-refractivity contribution in [3.63, 3.8) is 0 Å². The Labute approximate surface area is 108 Å². The number of nitrogens with two attached hydrogens (primary N) is 1. The number of hydrogen-bond acceptors (Lipinski definition) is 3. The zero-order valence-corrected chi connectivity index (χ0v) is 11.0. The molecule has 0 aliphatic rings. The third kappa shape index (κ3) is 3.26. The molecular formula is C14H20N2O2. The summed E-state index contributed by atoms with van der Waals surface area (Å²) in [5.41, 5.74) is 6.84. The fraction of sp³-hybridized carbons (Fsp3) is 0.357. The van der Waals surface area contributed by atoms with Crippen molar-refractivity contribution in [1.29, 1.82) is 0 Å². The van der Waals surface area contributed by atoms with Crippen molar-refractivity contribution in [3.05, 3.63) is 36.4 Å². The van der Waals surface area contributed by atoms with E-state index in [1.54, 1.807) is 29.2 Å². The number of methoxy groups -OCH3 is 1. The van der Waals surface area contributed by atoms with Crippen LogP contribution in [0.1, 0.15) is 23.7 Å². The first-order chi connectivity index (χ1) is 8.63. The van der Waals surface area contributed by atoms with Crippen LogP contribution in [0.4, 0.5) is 5.69 Å². The Morgan fingerprint density at radius 2 is 2.28 bits per heavy atom. The lowest BCUT2D eigenvalue weighted by molar-refractivity contribution is 0.0773. The van der Waals surface area contributed by atoms with Gasteiger partial charge in [-0.1, -0.05) is 13.0 Å². The third-order valence-corrected chi connectivity index (χ3v) is 2.61. The van der Waals surface area contributed by atoms with Gasteiger partial charge in [0.2, 0.25) is 0 Å². The minimum absolute atomic E-state index is 0.0324. The number of amides is 1. The molecular weight excluding hydrogens is 228 g/mol. The fourth-order valence-corrected chi connectivity index (χ4v) is 1.73. The number of ether oxygens (including phenoxy) is 1. The number of carbonyl (C=O) groups is 1. The molecule has 98 valence electrons.